The van der Waals surface area contributed by atoms with Crippen LogP contribution in [-0.2, 0) is 18.3 Å². The summed E-state index contributed by atoms with van der Waals surface area (Å²) in [6.07, 6.45) is 2.55. The van der Waals surface area contributed by atoms with Gasteiger partial charge in [0, 0.05) is 7.05 Å². The van der Waals surface area contributed by atoms with Crippen molar-refractivity contribution in [3.63, 3.8) is 0 Å². The largest absolute Gasteiger partial charge is 0.367 e. The highest BCUT2D eigenvalue weighted by Crippen LogP contribution is 2.31. The molecule has 0 aromatic carbocycles. The van der Waals surface area contributed by atoms with Gasteiger partial charge in [-0.25, -0.2) is 0 Å². The van der Waals surface area contributed by atoms with E-state index < -0.39 is 0 Å². The van der Waals surface area contributed by atoms with Crippen LogP contribution in [0.1, 0.15) is 37.5 Å². The SMILES string of the molecule is CC1CCC(c2nnc(CN)n2C)O1. The lowest BCUT2D eigenvalue weighted by Crippen LogP contribution is -2.10. The number of hydrogen-bond donors (Lipinski definition) is 1. The number of nitrogens with zero attached hydrogens (tertiary/aromatic N) is 3. The molecule has 2 rings (SSSR count). The highest BCUT2D eigenvalue weighted by Gasteiger charge is 2.27. The predicted octanol–water partition coefficient (Wildman–Crippen LogP) is 0.514. The number of aromatic nitrogens is 3. The van der Waals surface area contributed by atoms with Gasteiger partial charge in [-0.05, 0) is 19.8 Å². The summed E-state index contributed by atoms with van der Waals surface area (Å²) in [6, 6.07) is 0. The Balaban J connectivity index is 2.20. The summed E-state index contributed by atoms with van der Waals surface area (Å²) in [5, 5.41) is 8.12. The minimum atomic E-state index is 0.0998. The Morgan fingerprint density at radius 3 is 2.79 bits per heavy atom. The Kier molecular flexibility index (Phi) is 2.52. The first kappa shape index (κ1) is 9.61. The maximum Gasteiger partial charge on any atom is 0.162 e. The Morgan fingerprint density at radius 1 is 1.50 bits per heavy atom. The molecule has 78 valence electrons. The van der Waals surface area contributed by atoms with Gasteiger partial charge in [0.25, 0.3) is 0 Å². The molecule has 0 amide bonds. The Hall–Kier alpha value is -0.940. The van der Waals surface area contributed by atoms with Gasteiger partial charge in [0.1, 0.15) is 11.9 Å². The summed E-state index contributed by atoms with van der Waals surface area (Å²) in [7, 11) is 1.93. The number of ether oxygens (including phenoxy) is 1. The van der Waals surface area contributed by atoms with Crippen molar-refractivity contribution in [2.75, 3.05) is 0 Å². The van der Waals surface area contributed by atoms with Crippen molar-refractivity contribution in [2.45, 2.75) is 38.5 Å². The summed E-state index contributed by atoms with van der Waals surface area (Å²) in [4.78, 5) is 0. The molecule has 0 radical (unpaired) electrons. The van der Waals surface area contributed by atoms with E-state index in [-0.39, 0.29) is 6.10 Å². The highest BCUT2D eigenvalue weighted by molar-refractivity contribution is 5.00. The summed E-state index contributed by atoms with van der Waals surface area (Å²) >= 11 is 0. The van der Waals surface area contributed by atoms with Gasteiger partial charge in [0.05, 0.1) is 12.6 Å². The first-order valence-corrected chi connectivity index (χ1v) is 4.96. The van der Waals surface area contributed by atoms with E-state index >= 15 is 0 Å². The molecule has 2 unspecified atom stereocenters. The van der Waals surface area contributed by atoms with Gasteiger partial charge in [-0.1, -0.05) is 0 Å². The molecule has 1 aliphatic heterocycles. The zero-order valence-corrected chi connectivity index (χ0v) is 8.60. The van der Waals surface area contributed by atoms with Crippen LogP contribution in [0.2, 0.25) is 0 Å². The van der Waals surface area contributed by atoms with Crippen LogP contribution in [-0.4, -0.2) is 20.9 Å². The van der Waals surface area contributed by atoms with E-state index in [0.717, 1.165) is 24.5 Å². The van der Waals surface area contributed by atoms with E-state index in [1.807, 2.05) is 11.6 Å². The van der Waals surface area contributed by atoms with Gasteiger partial charge in [0.15, 0.2) is 5.82 Å². The Labute approximate surface area is 83.3 Å². The van der Waals surface area contributed by atoms with Gasteiger partial charge < -0.3 is 15.0 Å². The van der Waals surface area contributed by atoms with E-state index in [9.17, 15) is 0 Å². The molecule has 5 nitrogen and oxygen atoms in total. The van der Waals surface area contributed by atoms with Crippen molar-refractivity contribution in [2.24, 2.45) is 12.8 Å². The van der Waals surface area contributed by atoms with E-state index in [1.165, 1.54) is 0 Å². The zero-order chi connectivity index (χ0) is 10.1. The first-order valence-electron chi connectivity index (χ1n) is 4.96. The second-order valence-corrected chi connectivity index (χ2v) is 3.75. The van der Waals surface area contributed by atoms with Gasteiger partial charge >= 0.3 is 0 Å². The van der Waals surface area contributed by atoms with Crippen LogP contribution >= 0.6 is 0 Å². The molecule has 1 aliphatic rings. The molecule has 14 heavy (non-hydrogen) atoms. The maximum absolute atomic E-state index is 5.72. The molecule has 1 saturated heterocycles. The molecule has 1 aromatic heterocycles. The summed E-state index contributed by atoms with van der Waals surface area (Å²) in [5.74, 6) is 1.71. The summed E-state index contributed by atoms with van der Waals surface area (Å²) in [5.41, 5.74) is 5.53. The fourth-order valence-electron chi connectivity index (χ4n) is 1.83. The number of rotatable bonds is 2. The van der Waals surface area contributed by atoms with Crippen LogP contribution in [0.15, 0.2) is 0 Å². The van der Waals surface area contributed by atoms with Gasteiger partial charge in [-0.3, -0.25) is 0 Å². The van der Waals surface area contributed by atoms with Crippen molar-refractivity contribution >= 4 is 0 Å². The zero-order valence-electron chi connectivity index (χ0n) is 8.60. The Bertz CT molecular complexity index is 323. The third-order valence-electron chi connectivity index (χ3n) is 2.70. The van der Waals surface area contributed by atoms with Crippen LogP contribution in [0.3, 0.4) is 0 Å². The van der Waals surface area contributed by atoms with Gasteiger partial charge in [-0.15, -0.1) is 10.2 Å². The number of nitrogens with two attached hydrogens (primary N) is 1. The molecule has 1 aromatic rings. The lowest BCUT2D eigenvalue weighted by atomic mass is 10.2. The molecule has 5 heteroatoms. The fraction of sp³-hybridized carbons (Fsp3) is 0.778. The second kappa shape index (κ2) is 3.67. The van der Waals surface area contributed by atoms with Crippen molar-refractivity contribution in [3.05, 3.63) is 11.6 Å². The van der Waals surface area contributed by atoms with Crippen LogP contribution in [0, 0.1) is 0 Å². The first-order chi connectivity index (χ1) is 6.72. The normalized spacial score (nSPS) is 27.1. The monoisotopic (exact) mass is 196 g/mol. The maximum atomic E-state index is 5.72. The van der Waals surface area contributed by atoms with E-state index in [0.29, 0.717) is 12.6 Å². The smallest absolute Gasteiger partial charge is 0.162 e. The lowest BCUT2D eigenvalue weighted by molar-refractivity contribution is 0.0484. The van der Waals surface area contributed by atoms with Crippen LogP contribution in [0.5, 0.6) is 0 Å². The summed E-state index contributed by atoms with van der Waals surface area (Å²) in [6.45, 7) is 2.51. The highest BCUT2D eigenvalue weighted by atomic mass is 16.5. The van der Waals surface area contributed by atoms with Crippen molar-refractivity contribution < 1.29 is 4.74 Å². The topological polar surface area (TPSA) is 66.0 Å². The predicted molar refractivity (Wildman–Crippen MR) is 51.4 cm³/mol. The Morgan fingerprint density at radius 2 is 2.29 bits per heavy atom. The van der Waals surface area contributed by atoms with E-state index in [2.05, 4.69) is 17.1 Å². The quantitative estimate of drug-likeness (QED) is 0.748. The molecule has 0 spiro atoms. The molecular weight excluding hydrogens is 180 g/mol. The number of hydrogen-bond acceptors (Lipinski definition) is 4. The van der Waals surface area contributed by atoms with E-state index in [1.54, 1.807) is 0 Å². The van der Waals surface area contributed by atoms with Gasteiger partial charge in [-0.2, -0.15) is 0 Å². The fourth-order valence-corrected chi connectivity index (χ4v) is 1.83. The summed E-state index contributed by atoms with van der Waals surface area (Å²) < 4.78 is 7.66. The minimum absolute atomic E-state index is 0.0998. The van der Waals surface area contributed by atoms with E-state index in [4.69, 9.17) is 10.5 Å². The third kappa shape index (κ3) is 1.53. The van der Waals surface area contributed by atoms with Crippen LogP contribution in [0.25, 0.3) is 0 Å². The van der Waals surface area contributed by atoms with Gasteiger partial charge in [0.2, 0.25) is 0 Å². The average Bonchev–Trinajstić information content (AvgIpc) is 2.72. The van der Waals surface area contributed by atoms with Crippen molar-refractivity contribution in [3.8, 4) is 0 Å². The molecular formula is C9H16N4O. The average molecular weight is 196 g/mol. The van der Waals surface area contributed by atoms with Crippen LogP contribution < -0.4 is 5.73 Å². The van der Waals surface area contributed by atoms with Crippen molar-refractivity contribution in [1.29, 1.82) is 0 Å². The molecule has 2 heterocycles. The molecule has 2 N–H and O–H groups in total. The lowest BCUT2D eigenvalue weighted by Gasteiger charge is -2.10. The molecule has 2 atom stereocenters. The third-order valence-corrected chi connectivity index (χ3v) is 2.70. The molecule has 1 fully saturated rings. The standard InChI is InChI=1S/C9H16N4O/c1-6-3-4-7(14-6)9-12-11-8(5-10)13(9)2/h6-7H,3-5,10H2,1-2H3. The second-order valence-electron chi connectivity index (χ2n) is 3.75. The molecule has 0 saturated carbocycles. The van der Waals surface area contributed by atoms with Crippen LogP contribution in [0.4, 0.5) is 0 Å². The minimum Gasteiger partial charge on any atom is -0.367 e. The molecule has 0 bridgehead atoms. The molecule has 0 aliphatic carbocycles. The van der Waals surface area contributed by atoms with Crippen molar-refractivity contribution in [1.82, 2.24) is 14.8 Å².